The third-order valence-electron chi connectivity index (χ3n) is 4.12. The van der Waals surface area contributed by atoms with Crippen molar-refractivity contribution in [3.05, 3.63) is 71.2 Å². The van der Waals surface area contributed by atoms with Gasteiger partial charge in [-0.2, -0.15) is 10.2 Å². The van der Waals surface area contributed by atoms with Crippen LogP contribution in [-0.4, -0.2) is 25.7 Å². The van der Waals surface area contributed by atoms with E-state index >= 15 is 0 Å². The molecule has 0 saturated carbocycles. The van der Waals surface area contributed by atoms with E-state index in [1.807, 2.05) is 42.5 Å². The Balaban J connectivity index is 1.68. The van der Waals surface area contributed by atoms with E-state index in [-0.39, 0.29) is 5.69 Å². The molecule has 142 valence electrons. The first-order valence-electron chi connectivity index (χ1n) is 8.82. The van der Waals surface area contributed by atoms with Crippen LogP contribution in [0, 0.1) is 11.3 Å². The summed E-state index contributed by atoms with van der Waals surface area (Å²) < 4.78 is 16.2. The molecule has 0 radical (unpaired) electrons. The number of benzene rings is 2. The standard InChI is InChI=1S/C22H21N3O3/c1-26-19-10-8-17(14-20(19)27-2)9-11-21-25-18(15-23)22(28-21)24-13-12-16-6-4-3-5-7-16/h3-11,14,24H,12-13H2,1-2H3/b11-9+. The number of anilines is 1. The molecule has 2 aromatic carbocycles. The average Bonchev–Trinajstić information content (AvgIpc) is 3.15. The first kappa shape index (κ1) is 19.1. The van der Waals surface area contributed by atoms with E-state index < -0.39 is 0 Å². The highest BCUT2D eigenvalue weighted by Gasteiger charge is 2.11. The Bertz CT molecular complexity index is 988. The zero-order chi connectivity index (χ0) is 19.8. The maximum Gasteiger partial charge on any atom is 0.232 e. The SMILES string of the molecule is COc1ccc(/C=C/c2nc(C#N)c(NCCc3ccccc3)o2)cc1OC. The van der Waals surface area contributed by atoms with Crippen LogP contribution < -0.4 is 14.8 Å². The molecule has 3 aromatic rings. The molecule has 0 aliphatic rings. The predicted octanol–water partition coefficient (Wildman–Crippen LogP) is 4.39. The van der Waals surface area contributed by atoms with Crippen LogP contribution in [0.1, 0.15) is 22.7 Å². The fourth-order valence-corrected chi connectivity index (χ4v) is 2.69. The topological polar surface area (TPSA) is 80.3 Å². The zero-order valence-electron chi connectivity index (χ0n) is 15.8. The van der Waals surface area contributed by atoms with Crippen LogP contribution in [0.3, 0.4) is 0 Å². The predicted molar refractivity (Wildman–Crippen MR) is 108 cm³/mol. The van der Waals surface area contributed by atoms with Gasteiger partial charge >= 0.3 is 0 Å². The smallest absolute Gasteiger partial charge is 0.232 e. The number of aromatic nitrogens is 1. The second-order valence-corrected chi connectivity index (χ2v) is 5.95. The summed E-state index contributed by atoms with van der Waals surface area (Å²) in [7, 11) is 3.18. The van der Waals surface area contributed by atoms with Gasteiger partial charge in [-0.3, -0.25) is 0 Å². The van der Waals surface area contributed by atoms with Gasteiger partial charge in [-0.15, -0.1) is 0 Å². The minimum atomic E-state index is 0.236. The molecule has 6 heteroatoms. The summed E-state index contributed by atoms with van der Waals surface area (Å²) in [6, 6.07) is 17.7. The Morgan fingerprint density at radius 2 is 1.86 bits per heavy atom. The first-order valence-corrected chi connectivity index (χ1v) is 8.82. The lowest BCUT2D eigenvalue weighted by Gasteiger charge is -2.07. The van der Waals surface area contributed by atoms with Crippen molar-refractivity contribution in [2.24, 2.45) is 0 Å². The second kappa shape index (κ2) is 9.28. The van der Waals surface area contributed by atoms with Gasteiger partial charge in [0, 0.05) is 12.6 Å². The third kappa shape index (κ3) is 4.71. The van der Waals surface area contributed by atoms with Gasteiger partial charge in [0.15, 0.2) is 11.5 Å². The van der Waals surface area contributed by atoms with Gasteiger partial charge in [0.05, 0.1) is 14.2 Å². The van der Waals surface area contributed by atoms with Crippen molar-refractivity contribution in [2.45, 2.75) is 6.42 Å². The van der Waals surface area contributed by atoms with Gasteiger partial charge < -0.3 is 19.2 Å². The number of oxazole rings is 1. The Hall–Kier alpha value is -3.72. The molecule has 1 N–H and O–H groups in total. The molecule has 0 saturated heterocycles. The van der Waals surface area contributed by atoms with E-state index in [9.17, 15) is 5.26 Å². The fourth-order valence-electron chi connectivity index (χ4n) is 2.69. The van der Waals surface area contributed by atoms with Crippen molar-refractivity contribution in [2.75, 3.05) is 26.1 Å². The fraction of sp³-hybridized carbons (Fsp3) is 0.182. The molecule has 1 heterocycles. The highest BCUT2D eigenvalue weighted by atomic mass is 16.5. The van der Waals surface area contributed by atoms with Gasteiger partial charge in [-0.1, -0.05) is 36.4 Å². The van der Waals surface area contributed by atoms with Crippen molar-refractivity contribution < 1.29 is 13.9 Å². The number of methoxy groups -OCH3 is 2. The summed E-state index contributed by atoms with van der Waals surface area (Å²) in [6.07, 6.45) is 4.37. The van der Waals surface area contributed by atoms with Crippen molar-refractivity contribution in [1.82, 2.24) is 4.98 Å². The zero-order valence-corrected chi connectivity index (χ0v) is 15.8. The molecule has 0 aliphatic carbocycles. The van der Waals surface area contributed by atoms with Crippen LogP contribution in [-0.2, 0) is 6.42 Å². The monoisotopic (exact) mass is 375 g/mol. The molecular formula is C22H21N3O3. The van der Waals surface area contributed by atoms with Gasteiger partial charge in [0.25, 0.3) is 0 Å². The number of nitrogens with one attached hydrogen (secondary N) is 1. The van der Waals surface area contributed by atoms with E-state index in [0.29, 0.717) is 29.8 Å². The molecule has 0 fully saturated rings. The molecule has 6 nitrogen and oxygen atoms in total. The van der Waals surface area contributed by atoms with Crippen LogP contribution in [0.15, 0.2) is 52.9 Å². The third-order valence-corrected chi connectivity index (χ3v) is 4.12. The van der Waals surface area contributed by atoms with E-state index in [1.165, 1.54) is 5.56 Å². The lowest BCUT2D eigenvalue weighted by molar-refractivity contribution is 0.355. The number of nitrogens with zero attached hydrogens (tertiary/aromatic N) is 2. The molecular weight excluding hydrogens is 354 g/mol. The molecule has 28 heavy (non-hydrogen) atoms. The van der Waals surface area contributed by atoms with E-state index in [1.54, 1.807) is 20.3 Å². The summed E-state index contributed by atoms with van der Waals surface area (Å²) in [5.74, 6) is 2.03. The van der Waals surface area contributed by atoms with Crippen molar-refractivity contribution >= 4 is 18.0 Å². The van der Waals surface area contributed by atoms with Crippen LogP contribution in [0.25, 0.3) is 12.2 Å². The Kier molecular flexibility index (Phi) is 6.32. The van der Waals surface area contributed by atoms with Crippen LogP contribution in [0.2, 0.25) is 0 Å². The number of hydrogen-bond donors (Lipinski definition) is 1. The number of rotatable bonds is 8. The molecule has 1 aromatic heterocycles. The van der Waals surface area contributed by atoms with Crippen LogP contribution >= 0.6 is 0 Å². The number of hydrogen-bond acceptors (Lipinski definition) is 6. The molecule has 0 unspecified atom stereocenters. The van der Waals surface area contributed by atoms with E-state index in [4.69, 9.17) is 13.9 Å². The lowest BCUT2D eigenvalue weighted by atomic mass is 10.1. The highest BCUT2D eigenvalue weighted by Crippen LogP contribution is 2.28. The average molecular weight is 375 g/mol. The molecule has 0 bridgehead atoms. The van der Waals surface area contributed by atoms with Crippen LogP contribution in [0.5, 0.6) is 11.5 Å². The summed E-state index contributed by atoms with van der Waals surface area (Å²) >= 11 is 0. The van der Waals surface area contributed by atoms with Crippen LogP contribution in [0.4, 0.5) is 5.88 Å². The van der Waals surface area contributed by atoms with Gasteiger partial charge in [0.2, 0.25) is 17.5 Å². The largest absolute Gasteiger partial charge is 0.493 e. The molecule has 0 amide bonds. The maximum absolute atomic E-state index is 9.29. The van der Waals surface area contributed by atoms with Gasteiger partial charge in [-0.05, 0) is 35.8 Å². The van der Waals surface area contributed by atoms with Gasteiger partial charge in [0.1, 0.15) is 6.07 Å². The van der Waals surface area contributed by atoms with Gasteiger partial charge in [-0.25, -0.2) is 0 Å². The molecule has 0 atom stereocenters. The number of ether oxygens (including phenoxy) is 2. The van der Waals surface area contributed by atoms with Crippen molar-refractivity contribution in [3.8, 4) is 17.6 Å². The Labute approximate surface area is 164 Å². The maximum atomic E-state index is 9.29. The number of nitriles is 1. The molecule has 0 aliphatic heterocycles. The minimum Gasteiger partial charge on any atom is -0.493 e. The van der Waals surface area contributed by atoms with Crippen molar-refractivity contribution in [1.29, 1.82) is 5.26 Å². The Morgan fingerprint density at radius 1 is 1.07 bits per heavy atom. The highest BCUT2D eigenvalue weighted by molar-refractivity contribution is 5.68. The summed E-state index contributed by atoms with van der Waals surface area (Å²) in [5.41, 5.74) is 2.34. The first-order chi connectivity index (χ1) is 13.7. The summed E-state index contributed by atoms with van der Waals surface area (Å²) in [4.78, 5) is 4.21. The minimum absolute atomic E-state index is 0.236. The normalized spacial score (nSPS) is 10.6. The summed E-state index contributed by atoms with van der Waals surface area (Å²) in [6.45, 7) is 0.646. The molecule has 3 rings (SSSR count). The quantitative estimate of drug-likeness (QED) is 0.629. The summed E-state index contributed by atoms with van der Waals surface area (Å²) in [5, 5.41) is 12.4. The molecule has 0 spiro atoms. The Morgan fingerprint density at radius 3 is 2.57 bits per heavy atom. The van der Waals surface area contributed by atoms with Crippen molar-refractivity contribution in [3.63, 3.8) is 0 Å². The van der Waals surface area contributed by atoms with E-state index in [0.717, 1.165) is 12.0 Å². The lowest BCUT2D eigenvalue weighted by Crippen LogP contribution is -2.05. The second-order valence-electron chi connectivity index (χ2n) is 5.95. The van der Waals surface area contributed by atoms with E-state index in [2.05, 4.69) is 28.5 Å².